The minimum absolute atomic E-state index is 0.116. The smallest absolute Gasteiger partial charge is 0.338 e. The topological polar surface area (TPSA) is 65.1 Å². The summed E-state index contributed by atoms with van der Waals surface area (Å²) in [6.45, 7) is 7.29. The molecule has 0 N–H and O–H groups in total. The quantitative estimate of drug-likeness (QED) is 0.739. The van der Waals surface area contributed by atoms with Gasteiger partial charge in [0, 0.05) is 12.6 Å². The molecule has 2 fully saturated rings. The van der Waals surface area contributed by atoms with Crippen LogP contribution in [0, 0.1) is 10.8 Å². The zero-order valence-corrected chi connectivity index (χ0v) is 16.8. The van der Waals surface area contributed by atoms with Crippen molar-refractivity contribution in [2.75, 3.05) is 27.4 Å². The van der Waals surface area contributed by atoms with Gasteiger partial charge in [-0.15, -0.1) is 0 Å². The Bertz CT molecular complexity index is 744. The van der Waals surface area contributed by atoms with Crippen molar-refractivity contribution in [3.05, 3.63) is 23.8 Å². The molecular formula is C21H29NO5. The van der Waals surface area contributed by atoms with Gasteiger partial charge in [-0.2, -0.15) is 0 Å². The van der Waals surface area contributed by atoms with Crippen LogP contribution in [0.15, 0.2) is 18.2 Å². The van der Waals surface area contributed by atoms with Gasteiger partial charge in [0.1, 0.15) is 0 Å². The molecule has 1 aliphatic heterocycles. The largest absolute Gasteiger partial charge is 0.493 e. The summed E-state index contributed by atoms with van der Waals surface area (Å²) in [5.41, 5.74) is 0.729. The highest BCUT2D eigenvalue weighted by Gasteiger charge is 2.50. The number of hydrogen-bond donors (Lipinski definition) is 0. The first-order chi connectivity index (χ1) is 12.7. The number of esters is 1. The number of ether oxygens (including phenoxy) is 3. The third-order valence-corrected chi connectivity index (χ3v) is 5.68. The zero-order chi connectivity index (χ0) is 19.8. The summed E-state index contributed by atoms with van der Waals surface area (Å²) < 4.78 is 15.7. The average Bonchev–Trinajstić information content (AvgIpc) is 2.87. The molecule has 0 unspecified atom stereocenters. The van der Waals surface area contributed by atoms with E-state index in [0.29, 0.717) is 17.1 Å². The summed E-state index contributed by atoms with van der Waals surface area (Å²) in [4.78, 5) is 27.0. The van der Waals surface area contributed by atoms with Gasteiger partial charge < -0.3 is 19.1 Å². The second kappa shape index (κ2) is 7.06. The lowest BCUT2D eigenvalue weighted by Gasteiger charge is -2.39. The van der Waals surface area contributed by atoms with Crippen LogP contribution in [0.5, 0.6) is 11.5 Å². The number of rotatable bonds is 5. The summed E-state index contributed by atoms with van der Waals surface area (Å²) in [7, 11) is 3.03. The maximum atomic E-state index is 12.7. The number of likely N-dealkylation sites (tertiary alicyclic amines) is 1. The maximum absolute atomic E-state index is 12.7. The van der Waals surface area contributed by atoms with Crippen molar-refractivity contribution in [2.24, 2.45) is 10.8 Å². The number of benzene rings is 1. The number of amides is 1. The van der Waals surface area contributed by atoms with Crippen LogP contribution in [0.3, 0.4) is 0 Å². The normalized spacial score (nSPS) is 25.8. The number of nitrogens with zero attached hydrogens (tertiary/aromatic N) is 1. The van der Waals surface area contributed by atoms with Crippen LogP contribution in [0.4, 0.5) is 0 Å². The van der Waals surface area contributed by atoms with E-state index >= 15 is 0 Å². The van der Waals surface area contributed by atoms with Crippen molar-refractivity contribution in [1.29, 1.82) is 0 Å². The Hall–Kier alpha value is -2.24. The second-order valence-electron chi connectivity index (χ2n) is 8.88. The van der Waals surface area contributed by atoms with Gasteiger partial charge in [-0.05, 0) is 48.3 Å². The number of hydrogen-bond acceptors (Lipinski definition) is 5. The molecule has 1 amide bonds. The fourth-order valence-corrected chi connectivity index (χ4v) is 5.01. The summed E-state index contributed by atoms with van der Waals surface area (Å²) in [6.07, 6.45) is 3.15. The van der Waals surface area contributed by atoms with Crippen LogP contribution >= 0.6 is 0 Å². The van der Waals surface area contributed by atoms with Gasteiger partial charge in [0.25, 0.3) is 5.91 Å². The number of fused-ring (bicyclic) bond motifs is 2. The Morgan fingerprint density at radius 3 is 2.48 bits per heavy atom. The van der Waals surface area contributed by atoms with E-state index in [4.69, 9.17) is 14.2 Å². The standard InChI is InChI=1S/C21H29NO5/c1-20(2)9-15-10-21(3,12-20)13-22(15)18(23)11-27-19(24)14-6-7-16(25-4)17(8-14)26-5/h6-8,15H,9-13H2,1-5H3/t15-,21-/m1/s1. The summed E-state index contributed by atoms with van der Waals surface area (Å²) in [5.74, 6) is 0.320. The molecular weight excluding hydrogens is 346 g/mol. The van der Waals surface area contributed by atoms with Crippen molar-refractivity contribution < 1.29 is 23.8 Å². The second-order valence-corrected chi connectivity index (χ2v) is 8.88. The molecule has 1 saturated heterocycles. The molecule has 1 heterocycles. The lowest BCUT2D eigenvalue weighted by molar-refractivity contribution is -0.135. The van der Waals surface area contributed by atoms with E-state index in [1.165, 1.54) is 14.2 Å². The lowest BCUT2D eigenvalue weighted by Crippen LogP contribution is -2.39. The minimum atomic E-state index is -0.544. The first kappa shape index (κ1) is 19.5. The SMILES string of the molecule is COc1ccc(C(=O)OCC(=O)N2C[C@]3(C)C[C@H]2CC(C)(C)C3)cc1OC. The Balaban J connectivity index is 1.62. The highest BCUT2D eigenvalue weighted by Crippen LogP contribution is 2.52. The molecule has 2 aliphatic rings. The first-order valence-corrected chi connectivity index (χ1v) is 9.35. The van der Waals surface area contributed by atoms with Crippen LogP contribution in [-0.2, 0) is 9.53 Å². The van der Waals surface area contributed by atoms with Crippen LogP contribution in [0.1, 0.15) is 50.4 Å². The fourth-order valence-electron chi connectivity index (χ4n) is 5.01. The monoisotopic (exact) mass is 375 g/mol. The molecule has 6 heteroatoms. The first-order valence-electron chi connectivity index (χ1n) is 9.35. The molecule has 0 radical (unpaired) electrons. The average molecular weight is 375 g/mol. The molecule has 2 bridgehead atoms. The lowest BCUT2D eigenvalue weighted by atomic mass is 9.65. The van der Waals surface area contributed by atoms with Crippen molar-refractivity contribution in [2.45, 2.75) is 46.1 Å². The van der Waals surface area contributed by atoms with Crippen molar-refractivity contribution in [3.8, 4) is 11.5 Å². The van der Waals surface area contributed by atoms with Gasteiger partial charge in [-0.1, -0.05) is 20.8 Å². The van der Waals surface area contributed by atoms with Gasteiger partial charge >= 0.3 is 5.97 Å². The maximum Gasteiger partial charge on any atom is 0.338 e. The van der Waals surface area contributed by atoms with Crippen molar-refractivity contribution in [3.63, 3.8) is 0 Å². The Kier molecular flexibility index (Phi) is 5.10. The van der Waals surface area contributed by atoms with E-state index in [1.807, 2.05) is 4.90 Å². The van der Waals surface area contributed by atoms with Gasteiger partial charge in [-0.25, -0.2) is 4.79 Å². The molecule has 1 saturated carbocycles. The molecule has 2 atom stereocenters. The van der Waals surface area contributed by atoms with Crippen LogP contribution in [0.2, 0.25) is 0 Å². The molecule has 27 heavy (non-hydrogen) atoms. The van der Waals surface area contributed by atoms with E-state index in [-0.39, 0.29) is 29.4 Å². The summed E-state index contributed by atoms with van der Waals surface area (Å²) >= 11 is 0. The predicted molar refractivity (Wildman–Crippen MR) is 101 cm³/mol. The molecule has 3 rings (SSSR count). The van der Waals surface area contributed by atoms with Gasteiger partial charge in [0.15, 0.2) is 18.1 Å². The molecule has 1 aliphatic carbocycles. The molecule has 148 valence electrons. The minimum Gasteiger partial charge on any atom is -0.493 e. The van der Waals surface area contributed by atoms with Gasteiger partial charge in [-0.3, -0.25) is 4.79 Å². The van der Waals surface area contributed by atoms with E-state index in [1.54, 1.807) is 18.2 Å². The van der Waals surface area contributed by atoms with E-state index in [0.717, 1.165) is 25.8 Å². The third kappa shape index (κ3) is 4.04. The number of methoxy groups -OCH3 is 2. The Morgan fingerprint density at radius 1 is 1.11 bits per heavy atom. The molecule has 1 aromatic carbocycles. The predicted octanol–water partition coefficient (Wildman–Crippen LogP) is 3.29. The Morgan fingerprint density at radius 2 is 1.81 bits per heavy atom. The van der Waals surface area contributed by atoms with Crippen molar-refractivity contribution >= 4 is 11.9 Å². The van der Waals surface area contributed by atoms with Crippen molar-refractivity contribution in [1.82, 2.24) is 4.90 Å². The highest BCUT2D eigenvalue weighted by molar-refractivity contribution is 5.92. The van der Waals surface area contributed by atoms with Crippen LogP contribution in [-0.4, -0.2) is 50.2 Å². The summed E-state index contributed by atoms with van der Waals surface area (Å²) in [6, 6.07) is 5.04. The van der Waals surface area contributed by atoms with E-state index < -0.39 is 5.97 Å². The fraction of sp³-hybridized carbons (Fsp3) is 0.619. The number of carbonyl (C=O) groups excluding carboxylic acids is 2. The molecule has 0 spiro atoms. The highest BCUT2D eigenvalue weighted by atomic mass is 16.5. The molecule has 0 aromatic heterocycles. The van der Waals surface area contributed by atoms with Crippen LogP contribution in [0.25, 0.3) is 0 Å². The van der Waals surface area contributed by atoms with Gasteiger partial charge in [0.05, 0.1) is 19.8 Å². The zero-order valence-electron chi connectivity index (χ0n) is 16.8. The molecule has 1 aromatic rings. The van der Waals surface area contributed by atoms with Crippen LogP contribution < -0.4 is 9.47 Å². The number of carbonyl (C=O) groups is 2. The van der Waals surface area contributed by atoms with E-state index in [2.05, 4.69) is 20.8 Å². The molecule has 6 nitrogen and oxygen atoms in total. The third-order valence-electron chi connectivity index (χ3n) is 5.68. The van der Waals surface area contributed by atoms with Gasteiger partial charge in [0.2, 0.25) is 0 Å². The van der Waals surface area contributed by atoms with E-state index in [9.17, 15) is 9.59 Å². The summed E-state index contributed by atoms with van der Waals surface area (Å²) in [5, 5.41) is 0. The Labute approximate surface area is 160 Å².